The van der Waals surface area contributed by atoms with E-state index >= 15 is 0 Å². The first-order chi connectivity index (χ1) is 11.1. The van der Waals surface area contributed by atoms with Gasteiger partial charge in [-0.25, -0.2) is 12.7 Å². The van der Waals surface area contributed by atoms with Crippen molar-refractivity contribution >= 4 is 21.9 Å². The van der Waals surface area contributed by atoms with Gasteiger partial charge in [0.05, 0.1) is 22.8 Å². The minimum Gasteiger partial charge on any atom is -0.481 e. The zero-order valence-electron chi connectivity index (χ0n) is 13.9. The van der Waals surface area contributed by atoms with E-state index in [2.05, 4.69) is 5.32 Å². The van der Waals surface area contributed by atoms with E-state index < -0.39 is 27.8 Å². The fourth-order valence-corrected chi connectivity index (χ4v) is 3.55. The van der Waals surface area contributed by atoms with Crippen LogP contribution in [-0.4, -0.2) is 43.8 Å². The molecule has 1 fully saturated rings. The molecule has 1 amide bonds. The van der Waals surface area contributed by atoms with Crippen molar-refractivity contribution in [1.29, 1.82) is 0 Å². The van der Waals surface area contributed by atoms with Crippen LogP contribution in [0.4, 0.5) is 0 Å². The molecule has 0 spiro atoms. The fraction of sp³-hybridized carbons (Fsp3) is 0.500. The fourth-order valence-electron chi connectivity index (χ4n) is 2.65. The quantitative estimate of drug-likeness (QED) is 0.799. The van der Waals surface area contributed by atoms with Gasteiger partial charge in [-0.3, -0.25) is 9.59 Å². The summed E-state index contributed by atoms with van der Waals surface area (Å²) in [5.41, 5.74) is 0.757. The summed E-state index contributed by atoms with van der Waals surface area (Å²) < 4.78 is 25.2. The van der Waals surface area contributed by atoms with Crippen molar-refractivity contribution in [3.63, 3.8) is 0 Å². The normalized spacial score (nSPS) is 21.8. The number of sulfonamides is 1. The van der Waals surface area contributed by atoms with Crippen molar-refractivity contribution in [3.8, 4) is 0 Å². The van der Waals surface area contributed by atoms with Crippen molar-refractivity contribution in [2.24, 2.45) is 11.8 Å². The maximum atomic E-state index is 12.2. The Labute approximate surface area is 141 Å². The van der Waals surface area contributed by atoms with Crippen molar-refractivity contribution in [3.05, 3.63) is 29.8 Å². The molecule has 132 valence electrons. The van der Waals surface area contributed by atoms with Crippen molar-refractivity contribution < 1.29 is 23.1 Å². The first kappa shape index (κ1) is 18.4. The molecule has 0 aromatic heterocycles. The third kappa shape index (κ3) is 3.59. The molecule has 0 saturated heterocycles. The standard InChI is InChI=1S/C16H22N2O5S/c1-10(17-15(19)13-8-9-14(13)16(20)21)11-4-6-12(7-5-11)24(22,23)18(2)3/h4-7,10,13-14H,8-9H2,1-3H3,(H,17,19)(H,20,21). The maximum absolute atomic E-state index is 12.2. The minimum absolute atomic E-state index is 0.180. The highest BCUT2D eigenvalue weighted by Crippen LogP contribution is 2.35. The topological polar surface area (TPSA) is 104 Å². The van der Waals surface area contributed by atoms with Crippen LogP contribution in [0.3, 0.4) is 0 Å². The molecular weight excluding hydrogens is 332 g/mol. The Morgan fingerprint density at radius 1 is 1.17 bits per heavy atom. The van der Waals surface area contributed by atoms with Gasteiger partial charge in [-0.15, -0.1) is 0 Å². The van der Waals surface area contributed by atoms with Crippen molar-refractivity contribution in [2.45, 2.75) is 30.7 Å². The van der Waals surface area contributed by atoms with Gasteiger partial charge in [0.2, 0.25) is 15.9 Å². The van der Waals surface area contributed by atoms with E-state index in [9.17, 15) is 18.0 Å². The van der Waals surface area contributed by atoms with Crippen LogP contribution in [0.2, 0.25) is 0 Å². The van der Waals surface area contributed by atoms with Crippen LogP contribution >= 0.6 is 0 Å². The number of carboxylic acids is 1. The van der Waals surface area contributed by atoms with Gasteiger partial charge in [-0.2, -0.15) is 0 Å². The number of amides is 1. The highest BCUT2D eigenvalue weighted by Gasteiger charge is 2.41. The van der Waals surface area contributed by atoms with E-state index in [0.29, 0.717) is 12.8 Å². The average Bonchev–Trinajstić information content (AvgIpc) is 2.45. The number of hydrogen-bond donors (Lipinski definition) is 2. The Kier molecular flexibility index (Phi) is 5.29. The second kappa shape index (κ2) is 6.90. The number of carbonyl (C=O) groups is 2. The maximum Gasteiger partial charge on any atom is 0.307 e. The molecule has 3 atom stereocenters. The Bertz CT molecular complexity index is 727. The summed E-state index contributed by atoms with van der Waals surface area (Å²) in [7, 11) is -0.563. The third-order valence-electron chi connectivity index (χ3n) is 4.45. The predicted octanol–water partition coefficient (Wildman–Crippen LogP) is 1.22. The number of rotatable bonds is 6. The second-order valence-corrected chi connectivity index (χ2v) is 8.37. The smallest absolute Gasteiger partial charge is 0.307 e. The van der Waals surface area contributed by atoms with E-state index in [1.165, 1.54) is 26.2 Å². The minimum atomic E-state index is -3.49. The van der Waals surface area contributed by atoms with Crippen molar-refractivity contribution in [1.82, 2.24) is 9.62 Å². The first-order valence-corrected chi connectivity index (χ1v) is 9.14. The zero-order chi connectivity index (χ0) is 18.1. The molecule has 1 aliphatic carbocycles. The Balaban J connectivity index is 2.04. The van der Waals surface area contributed by atoms with Gasteiger partial charge in [-0.1, -0.05) is 12.1 Å². The highest BCUT2D eigenvalue weighted by atomic mass is 32.2. The Morgan fingerprint density at radius 3 is 2.12 bits per heavy atom. The van der Waals surface area contributed by atoms with Crippen LogP contribution in [0.15, 0.2) is 29.2 Å². The molecule has 24 heavy (non-hydrogen) atoms. The molecule has 8 heteroatoms. The lowest BCUT2D eigenvalue weighted by Crippen LogP contribution is -2.44. The molecule has 7 nitrogen and oxygen atoms in total. The number of carbonyl (C=O) groups excluding carboxylic acids is 1. The van der Waals surface area contributed by atoms with Crippen LogP contribution in [0.5, 0.6) is 0 Å². The van der Waals surface area contributed by atoms with Gasteiger partial charge in [0, 0.05) is 14.1 Å². The molecule has 3 unspecified atom stereocenters. The van der Waals surface area contributed by atoms with E-state index in [1.807, 2.05) is 0 Å². The highest BCUT2D eigenvalue weighted by molar-refractivity contribution is 7.89. The van der Waals surface area contributed by atoms with Gasteiger partial charge in [0.25, 0.3) is 0 Å². The molecule has 0 bridgehead atoms. The molecule has 0 heterocycles. The molecule has 1 aliphatic rings. The lowest BCUT2D eigenvalue weighted by Gasteiger charge is -2.33. The lowest BCUT2D eigenvalue weighted by molar-refractivity contribution is -0.152. The summed E-state index contributed by atoms with van der Waals surface area (Å²) in [6.07, 6.45) is 1.11. The number of hydrogen-bond acceptors (Lipinski definition) is 4. The summed E-state index contributed by atoms with van der Waals surface area (Å²) in [5.74, 6) is -2.30. The van der Waals surface area contributed by atoms with Crippen molar-refractivity contribution in [2.75, 3.05) is 14.1 Å². The van der Waals surface area contributed by atoms with Gasteiger partial charge < -0.3 is 10.4 Å². The molecule has 2 rings (SSSR count). The van der Waals surface area contributed by atoms with Crippen LogP contribution < -0.4 is 5.32 Å². The SMILES string of the molecule is CC(NC(=O)C1CCC1C(=O)O)c1ccc(S(=O)(=O)N(C)C)cc1. The molecule has 1 aromatic carbocycles. The monoisotopic (exact) mass is 354 g/mol. The van der Waals surface area contributed by atoms with Gasteiger partial charge >= 0.3 is 5.97 Å². The molecular formula is C16H22N2O5S. The Hall–Kier alpha value is -1.93. The number of nitrogens with zero attached hydrogens (tertiary/aromatic N) is 1. The average molecular weight is 354 g/mol. The molecule has 1 aromatic rings. The summed E-state index contributed by atoms with van der Waals surface area (Å²) in [4.78, 5) is 23.3. The summed E-state index contributed by atoms with van der Waals surface area (Å²) in [6.45, 7) is 1.78. The lowest BCUT2D eigenvalue weighted by atomic mass is 9.73. The Morgan fingerprint density at radius 2 is 1.71 bits per heavy atom. The summed E-state index contributed by atoms with van der Waals surface area (Å²) >= 11 is 0. The first-order valence-electron chi connectivity index (χ1n) is 7.70. The zero-order valence-corrected chi connectivity index (χ0v) is 14.7. The van der Waals surface area contributed by atoms with Crippen LogP contribution in [0.25, 0.3) is 0 Å². The molecule has 0 aliphatic heterocycles. The van der Waals surface area contributed by atoms with E-state index in [-0.39, 0.29) is 16.8 Å². The van der Waals surface area contributed by atoms with Crippen LogP contribution in [0.1, 0.15) is 31.4 Å². The third-order valence-corrected chi connectivity index (χ3v) is 6.28. The number of benzene rings is 1. The van der Waals surface area contributed by atoms with Gasteiger partial charge in [-0.05, 0) is 37.5 Å². The van der Waals surface area contributed by atoms with E-state index in [4.69, 9.17) is 5.11 Å². The largest absolute Gasteiger partial charge is 0.481 e. The predicted molar refractivity (Wildman–Crippen MR) is 87.7 cm³/mol. The number of aliphatic carboxylic acids is 1. The summed E-state index contributed by atoms with van der Waals surface area (Å²) in [5, 5.41) is 11.8. The molecule has 2 N–H and O–H groups in total. The molecule has 0 radical (unpaired) electrons. The van der Waals surface area contributed by atoms with E-state index in [0.717, 1.165) is 9.87 Å². The second-order valence-electron chi connectivity index (χ2n) is 6.22. The van der Waals surface area contributed by atoms with E-state index in [1.54, 1.807) is 19.1 Å². The van der Waals surface area contributed by atoms with Crippen LogP contribution in [0, 0.1) is 11.8 Å². The van der Waals surface area contributed by atoms with Crippen LogP contribution in [-0.2, 0) is 19.6 Å². The summed E-state index contributed by atoms with van der Waals surface area (Å²) in [6, 6.07) is 5.96. The molecule has 1 saturated carbocycles. The number of carboxylic acid groups (broad SMARTS) is 1. The van der Waals surface area contributed by atoms with Gasteiger partial charge in [0.1, 0.15) is 0 Å². The number of nitrogens with one attached hydrogen (secondary N) is 1. The van der Waals surface area contributed by atoms with Gasteiger partial charge in [0.15, 0.2) is 0 Å².